The maximum Gasteiger partial charge on any atom is 0.127 e. The largest absolute Gasteiger partial charge is 0.396 e. The summed E-state index contributed by atoms with van der Waals surface area (Å²) in [5.41, 5.74) is 7.27. The molecule has 2 aromatic rings. The number of aromatic nitrogens is 3. The fraction of sp³-hybridized carbons (Fsp3) is 0.200. The topological polar surface area (TPSA) is 68.8 Å². The Morgan fingerprint density at radius 2 is 2.33 bits per heavy atom. The van der Waals surface area contributed by atoms with Crippen LogP contribution >= 0.6 is 0 Å². The van der Waals surface area contributed by atoms with E-state index in [1.165, 1.54) is 0 Å². The monoisotopic (exact) mass is 203 g/mol. The number of imidazole rings is 1. The molecular formula is C10H13N5. The number of pyridine rings is 1. The molecule has 0 radical (unpaired) electrons. The van der Waals surface area contributed by atoms with E-state index in [1.54, 1.807) is 18.6 Å². The van der Waals surface area contributed by atoms with Crippen LogP contribution in [0.2, 0.25) is 0 Å². The van der Waals surface area contributed by atoms with Crippen LogP contribution in [0.3, 0.4) is 0 Å². The van der Waals surface area contributed by atoms with Gasteiger partial charge in [0.05, 0.1) is 24.1 Å². The van der Waals surface area contributed by atoms with Crippen molar-refractivity contribution in [1.82, 2.24) is 14.5 Å². The van der Waals surface area contributed by atoms with Crippen LogP contribution in [0.25, 0.3) is 0 Å². The third kappa shape index (κ3) is 2.07. The van der Waals surface area contributed by atoms with E-state index in [1.807, 2.05) is 23.9 Å². The second-order valence-electron chi connectivity index (χ2n) is 3.27. The van der Waals surface area contributed by atoms with Gasteiger partial charge in [0, 0.05) is 25.6 Å². The third-order valence-electron chi connectivity index (χ3n) is 2.21. The molecule has 0 saturated carbocycles. The van der Waals surface area contributed by atoms with Crippen molar-refractivity contribution in [3.05, 3.63) is 36.7 Å². The number of nitrogens with one attached hydrogen (secondary N) is 1. The second kappa shape index (κ2) is 4.00. The summed E-state index contributed by atoms with van der Waals surface area (Å²) in [4.78, 5) is 8.13. The van der Waals surface area contributed by atoms with Gasteiger partial charge >= 0.3 is 0 Å². The van der Waals surface area contributed by atoms with Gasteiger partial charge in [0.15, 0.2) is 0 Å². The van der Waals surface area contributed by atoms with E-state index >= 15 is 0 Å². The number of anilines is 2. The van der Waals surface area contributed by atoms with Crippen LogP contribution < -0.4 is 11.1 Å². The zero-order chi connectivity index (χ0) is 10.7. The first-order valence-corrected chi connectivity index (χ1v) is 4.67. The molecule has 0 spiro atoms. The molecule has 0 bridgehead atoms. The Hall–Kier alpha value is -2.04. The molecule has 0 atom stereocenters. The molecule has 0 fully saturated rings. The molecule has 0 saturated heterocycles. The molecule has 0 unspecified atom stereocenters. The summed E-state index contributed by atoms with van der Waals surface area (Å²) < 4.78 is 1.96. The zero-order valence-corrected chi connectivity index (χ0v) is 8.51. The number of hydrogen-bond donors (Lipinski definition) is 2. The molecule has 5 nitrogen and oxygen atoms in total. The third-order valence-corrected chi connectivity index (χ3v) is 2.21. The molecular weight excluding hydrogens is 190 g/mol. The lowest BCUT2D eigenvalue weighted by Crippen LogP contribution is -2.07. The van der Waals surface area contributed by atoms with Gasteiger partial charge in [-0.15, -0.1) is 0 Å². The molecule has 2 aromatic heterocycles. The molecule has 0 aliphatic rings. The molecule has 5 heteroatoms. The van der Waals surface area contributed by atoms with Crippen LogP contribution in [0, 0.1) is 0 Å². The Kier molecular flexibility index (Phi) is 2.53. The van der Waals surface area contributed by atoms with Crippen LogP contribution in [-0.2, 0) is 13.6 Å². The van der Waals surface area contributed by atoms with E-state index in [4.69, 9.17) is 5.73 Å². The fourth-order valence-electron chi connectivity index (χ4n) is 1.31. The van der Waals surface area contributed by atoms with Crippen molar-refractivity contribution in [3.63, 3.8) is 0 Å². The van der Waals surface area contributed by atoms with Crippen molar-refractivity contribution in [2.45, 2.75) is 6.54 Å². The summed E-state index contributed by atoms with van der Waals surface area (Å²) in [5.74, 6) is 0.964. The SMILES string of the molecule is Cn1ccnc1CNc1ccncc1N. The highest BCUT2D eigenvalue weighted by molar-refractivity contribution is 5.64. The smallest absolute Gasteiger partial charge is 0.127 e. The van der Waals surface area contributed by atoms with E-state index in [9.17, 15) is 0 Å². The van der Waals surface area contributed by atoms with E-state index in [0.29, 0.717) is 12.2 Å². The standard InChI is InChI=1S/C10H13N5/c1-15-5-4-13-10(15)7-14-9-2-3-12-6-8(9)11/h2-6H,7,11H2,1H3,(H,12,14). The first kappa shape index (κ1) is 9.51. The average molecular weight is 203 g/mol. The van der Waals surface area contributed by atoms with E-state index in [2.05, 4.69) is 15.3 Å². The molecule has 3 N–H and O–H groups in total. The van der Waals surface area contributed by atoms with Gasteiger partial charge in [-0.25, -0.2) is 4.98 Å². The first-order valence-electron chi connectivity index (χ1n) is 4.67. The maximum atomic E-state index is 5.75. The van der Waals surface area contributed by atoms with Crippen molar-refractivity contribution in [2.75, 3.05) is 11.1 Å². The minimum Gasteiger partial charge on any atom is -0.396 e. The van der Waals surface area contributed by atoms with Crippen LogP contribution in [0.1, 0.15) is 5.82 Å². The molecule has 0 aliphatic carbocycles. The van der Waals surface area contributed by atoms with Crippen molar-refractivity contribution in [1.29, 1.82) is 0 Å². The van der Waals surface area contributed by atoms with Crippen LogP contribution in [-0.4, -0.2) is 14.5 Å². The number of nitrogen functional groups attached to an aromatic ring is 1. The normalized spacial score (nSPS) is 10.2. The summed E-state index contributed by atoms with van der Waals surface area (Å²) >= 11 is 0. The van der Waals surface area contributed by atoms with Gasteiger partial charge in [0.1, 0.15) is 5.82 Å². The zero-order valence-electron chi connectivity index (χ0n) is 8.51. The Labute approximate surface area is 88.0 Å². The first-order chi connectivity index (χ1) is 7.27. The van der Waals surface area contributed by atoms with Gasteiger partial charge in [-0.05, 0) is 6.07 Å². The van der Waals surface area contributed by atoms with Gasteiger partial charge < -0.3 is 15.6 Å². The van der Waals surface area contributed by atoms with Gasteiger partial charge in [0.25, 0.3) is 0 Å². The highest BCUT2D eigenvalue weighted by Crippen LogP contribution is 2.15. The van der Waals surface area contributed by atoms with Gasteiger partial charge in [-0.1, -0.05) is 0 Å². The lowest BCUT2D eigenvalue weighted by atomic mass is 10.3. The van der Waals surface area contributed by atoms with Gasteiger partial charge in [-0.3, -0.25) is 4.98 Å². The van der Waals surface area contributed by atoms with E-state index < -0.39 is 0 Å². The summed E-state index contributed by atoms with van der Waals surface area (Å²) in [6.45, 7) is 0.651. The van der Waals surface area contributed by atoms with E-state index in [0.717, 1.165) is 11.5 Å². The molecule has 78 valence electrons. The molecule has 0 aromatic carbocycles. The predicted molar refractivity (Wildman–Crippen MR) is 59.2 cm³/mol. The van der Waals surface area contributed by atoms with Gasteiger partial charge in [-0.2, -0.15) is 0 Å². The number of nitrogens with two attached hydrogens (primary N) is 1. The van der Waals surface area contributed by atoms with Crippen molar-refractivity contribution >= 4 is 11.4 Å². The molecule has 2 rings (SSSR count). The second-order valence-corrected chi connectivity index (χ2v) is 3.27. The van der Waals surface area contributed by atoms with Crippen molar-refractivity contribution in [3.8, 4) is 0 Å². The predicted octanol–water partition coefficient (Wildman–Crippen LogP) is 1.01. The molecule has 0 aliphatic heterocycles. The minimum absolute atomic E-state index is 0.645. The number of hydrogen-bond acceptors (Lipinski definition) is 4. The highest BCUT2D eigenvalue weighted by Gasteiger charge is 2.00. The summed E-state index contributed by atoms with van der Waals surface area (Å²) in [5, 5.41) is 3.21. The Morgan fingerprint density at radius 1 is 1.47 bits per heavy atom. The quantitative estimate of drug-likeness (QED) is 0.781. The Morgan fingerprint density at radius 3 is 3.00 bits per heavy atom. The lowest BCUT2D eigenvalue weighted by molar-refractivity contribution is 0.813. The van der Waals surface area contributed by atoms with E-state index in [-0.39, 0.29) is 0 Å². The maximum absolute atomic E-state index is 5.75. The molecule has 2 heterocycles. The summed E-state index contributed by atoms with van der Waals surface area (Å²) in [6, 6.07) is 1.85. The summed E-state index contributed by atoms with van der Waals surface area (Å²) in [7, 11) is 1.96. The van der Waals surface area contributed by atoms with Crippen LogP contribution in [0.15, 0.2) is 30.9 Å². The Balaban J connectivity index is 2.06. The van der Waals surface area contributed by atoms with Crippen LogP contribution in [0.5, 0.6) is 0 Å². The highest BCUT2D eigenvalue weighted by atomic mass is 15.1. The van der Waals surface area contributed by atoms with Crippen molar-refractivity contribution < 1.29 is 0 Å². The number of rotatable bonds is 3. The lowest BCUT2D eigenvalue weighted by Gasteiger charge is -2.08. The number of aryl methyl sites for hydroxylation is 1. The fourth-order valence-corrected chi connectivity index (χ4v) is 1.31. The molecule has 15 heavy (non-hydrogen) atoms. The summed E-state index contributed by atoms with van der Waals surface area (Å²) in [6.07, 6.45) is 7.01. The molecule has 0 amide bonds. The average Bonchev–Trinajstić information content (AvgIpc) is 2.63. The Bertz CT molecular complexity index is 449. The van der Waals surface area contributed by atoms with Crippen LogP contribution in [0.4, 0.5) is 11.4 Å². The minimum atomic E-state index is 0.645. The number of nitrogens with zero attached hydrogens (tertiary/aromatic N) is 3. The van der Waals surface area contributed by atoms with Crippen molar-refractivity contribution in [2.24, 2.45) is 7.05 Å². The van der Waals surface area contributed by atoms with Gasteiger partial charge in [0.2, 0.25) is 0 Å².